The number of hydrogen-bond donors (Lipinski definition) is 0. The van der Waals surface area contributed by atoms with Crippen LogP contribution in [0.2, 0.25) is 0 Å². The third-order valence-electron chi connectivity index (χ3n) is 3.55. The largest absolute Gasteiger partial charge is 0.492 e. The van der Waals surface area contributed by atoms with Gasteiger partial charge in [-0.15, -0.1) is 0 Å². The van der Waals surface area contributed by atoms with Gasteiger partial charge >= 0.3 is 11.6 Å². The van der Waals surface area contributed by atoms with Crippen LogP contribution >= 0.6 is 0 Å². The topological polar surface area (TPSA) is 75.0 Å². The van der Waals surface area contributed by atoms with Gasteiger partial charge in [-0.2, -0.15) is 0 Å². The van der Waals surface area contributed by atoms with Crippen molar-refractivity contribution in [1.82, 2.24) is 0 Å². The summed E-state index contributed by atoms with van der Waals surface area (Å²) in [6, 6.07) is 3.26. The number of aryl methyl sites for hydroxylation is 1. The zero-order chi connectivity index (χ0) is 15.9. The first-order chi connectivity index (χ1) is 10.5. The Morgan fingerprint density at radius 3 is 2.73 bits per heavy atom. The monoisotopic (exact) mass is 302 g/mol. The summed E-state index contributed by atoms with van der Waals surface area (Å²) in [5.41, 5.74) is 0.204. The van der Waals surface area contributed by atoms with Gasteiger partial charge in [0.15, 0.2) is 11.5 Å². The van der Waals surface area contributed by atoms with E-state index in [2.05, 4.69) is 11.3 Å². The maximum atomic E-state index is 12.2. The number of esters is 1. The van der Waals surface area contributed by atoms with Crippen LogP contribution in [-0.4, -0.2) is 20.2 Å². The molecular weight excluding hydrogens is 288 g/mol. The SMILES string of the molecule is C=C1CCc2cc3cc(C(=O)OC)oc(=O)c3c(OC)c2O1. The first kappa shape index (κ1) is 14.2. The van der Waals surface area contributed by atoms with Gasteiger partial charge in [-0.3, -0.25) is 0 Å². The lowest BCUT2D eigenvalue weighted by Crippen LogP contribution is -2.12. The number of carbonyl (C=O) groups is 1. The third-order valence-corrected chi connectivity index (χ3v) is 3.55. The Morgan fingerprint density at radius 2 is 2.05 bits per heavy atom. The van der Waals surface area contributed by atoms with Crippen LogP contribution in [-0.2, 0) is 11.2 Å². The minimum absolute atomic E-state index is 0.150. The average Bonchev–Trinajstić information content (AvgIpc) is 2.52. The van der Waals surface area contributed by atoms with E-state index < -0.39 is 11.6 Å². The molecule has 0 radical (unpaired) electrons. The van der Waals surface area contributed by atoms with E-state index in [0.717, 1.165) is 5.56 Å². The molecule has 0 bridgehead atoms. The molecule has 0 atom stereocenters. The molecule has 2 aromatic rings. The Hall–Kier alpha value is -2.76. The number of hydrogen-bond acceptors (Lipinski definition) is 6. The molecular formula is C16H14O6. The van der Waals surface area contributed by atoms with Crippen LogP contribution in [0.5, 0.6) is 11.5 Å². The van der Waals surface area contributed by atoms with E-state index in [1.54, 1.807) is 6.07 Å². The summed E-state index contributed by atoms with van der Waals surface area (Å²) in [5, 5.41) is 0.770. The molecule has 3 rings (SSSR count). The van der Waals surface area contributed by atoms with Gasteiger partial charge in [-0.1, -0.05) is 6.58 Å². The van der Waals surface area contributed by atoms with E-state index in [0.29, 0.717) is 35.5 Å². The van der Waals surface area contributed by atoms with Crippen molar-refractivity contribution in [3.8, 4) is 11.5 Å². The average molecular weight is 302 g/mol. The van der Waals surface area contributed by atoms with Crippen LogP contribution in [0, 0.1) is 0 Å². The predicted molar refractivity (Wildman–Crippen MR) is 78.5 cm³/mol. The van der Waals surface area contributed by atoms with E-state index >= 15 is 0 Å². The fourth-order valence-electron chi connectivity index (χ4n) is 2.52. The lowest BCUT2D eigenvalue weighted by molar-refractivity contribution is 0.0560. The summed E-state index contributed by atoms with van der Waals surface area (Å²) in [5.74, 6) is 0.520. The van der Waals surface area contributed by atoms with Gasteiger partial charge in [0.25, 0.3) is 0 Å². The van der Waals surface area contributed by atoms with Crippen molar-refractivity contribution in [2.45, 2.75) is 12.8 Å². The van der Waals surface area contributed by atoms with Crippen LogP contribution in [0.1, 0.15) is 22.5 Å². The molecule has 1 aromatic heterocycles. The molecule has 1 aromatic carbocycles. The smallest absolute Gasteiger partial charge is 0.374 e. The number of benzene rings is 1. The van der Waals surface area contributed by atoms with Gasteiger partial charge in [0.1, 0.15) is 5.39 Å². The van der Waals surface area contributed by atoms with Crippen LogP contribution in [0.15, 0.2) is 33.7 Å². The molecule has 0 saturated carbocycles. The summed E-state index contributed by atoms with van der Waals surface area (Å²) in [6.07, 6.45) is 1.40. The van der Waals surface area contributed by atoms with Crippen LogP contribution < -0.4 is 15.1 Å². The Bertz CT molecular complexity index is 846. The van der Waals surface area contributed by atoms with Crippen molar-refractivity contribution in [2.75, 3.05) is 14.2 Å². The number of carbonyl (C=O) groups excluding carboxylic acids is 1. The highest BCUT2D eigenvalue weighted by molar-refractivity contribution is 5.96. The highest BCUT2D eigenvalue weighted by Crippen LogP contribution is 2.42. The number of rotatable bonds is 2. The number of allylic oxidation sites excluding steroid dienone is 1. The molecule has 6 heteroatoms. The Balaban J connectivity index is 2.34. The second kappa shape index (κ2) is 5.22. The molecule has 22 heavy (non-hydrogen) atoms. The zero-order valence-electron chi connectivity index (χ0n) is 12.2. The maximum absolute atomic E-state index is 12.2. The fraction of sp³-hybridized carbons (Fsp3) is 0.250. The molecule has 1 aliphatic heterocycles. The van der Waals surface area contributed by atoms with Crippen molar-refractivity contribution >= 4 is 16.7 Å². The minimum atomic E-state index is -0.708. The molecule has 114 valence electrons. The molecule has 6 nitrogen and oxygen atoms in total. The molecule has 0 unspecified atom stereocenters. The van der Waals surface area contributed by atoms with E-state index in [1.807, 2.05) is 0 Å². The van der Waals surface area contributed by atoms with Gasteiger partial charge in [-0.25, -0.2) is 9.59 Å². The number of methoxy groups -OCH3 is 2. The molecule has 0 N–H and O–H groups in total. The molecule has 1 aliphatic rings. The number of ether oxygens (including phenoxy) is 3. The second-order valence-corrected chi connectivity index (χ2v) is 4.89. The van der Waals surface area contributed by atoms with Crippen molar-refractivity contribution < 1.29 is 23.4 Å². The highest BCUT2D eigenvalue weighted by atomic mass is 16.5. The first-order valence-electron chi connectivity index (χ1n) is 6.66. The molecule has 0 spiro atoms. The van der Waals surface area contributed by atoms with Crippen LogP contribution in [0.3, 0.4) is 0 Å². The summed E-state index contributed by atoms with van der Waals surface area (Å²) in [7, 11) is 2.67. The fourth-order valence-corrected chi connectivity index (χ4v) is 2.52. The zero-order valence-corrected chi connectivity index (χ0v) is 12.2. The molecule has 0 saturated heterocycles. The third kappa shape index (κ3) is 2.13. The lowest BCUT2D eigenvalue weighted by atomic mass is 10.00. The summed E-state index contributed by atoms with van der Waals surface area (Å²) >= 11 is 0. The summed E-state index contributed by atoms with van der Waals surface area (Å²) in [4.78, 5) is 23.8. The Morgan fingerprint density at radius 1 is 1.27 bits per heavy atom. The Kier molecular flexibility index (Phi) is 3.36. The number of fused-ring (bicyclic) bond motifs is 2. The minimum Gasteiger partial charge on any atom is -0.492 e. The van der Waals surface area contributed by atoms with Gasteiger partial charge in [-0.05, 0) is 29.5 Å². The molecule has 0 aliphatic carbocycles. The van der Waals surface area contributed by atoms with E-state index in [-0.39, 0.29) is 11.1 Å². The van der Waals surface area contributed by atoms with Crippen molar-refractivity contribution in [3.05, 3.63) is 46.2 Å². The van der Waals surface area contributed by atoms with Crippen molar-refractivity contribution in [3.63, 3.8) is 0 Å². The Labute approximate surface area is 125 Å². The molecule has 0 amide bonds. The van der Waals surface area contributed by atoms with E-state index in [4.69, 9.17) is 13.9 Å². The van der Waals surface area contributed by atoms with E-state index in [1.165, 1.54) is 20.3 Å². The van der Waals surface area contributed by atoms with Gasteiger partial charge < -0.3 is 18.6 Å². The second-order valence-electron chi connectivity index (χ2n) is 4.89. The maximum Gasteiger partial charge on any atom is 0.374 e. The summed E-state index contributed by atoms with van der Waals surface area (Å²) < 4.78 is 20.6. The normalized spacial score (nSPS) is 13.5. The molecule has 0 fully saturated rings. The molecule has 2 heterocycles. The highest BCUT2D eigenvalue weighted by Gasteiger charge is 2.24. The summed E-state index contributed by atoms with van der Waals surface area (Å²) in [6.45, 7) is 3.80. The quantitative estimate of drug-likeness (QED) is 0.793. The van der Waals surface area contributed by atoms with Crippen LogP contribution in [0.4, 0.5) is 0 Å². The predicted octanol–water partition coefficient (Wildman–Crippen LogP) is 2.43. The van der Waals surface area contributed by atoms with Gasteiger partial charge in [0, 0.05) is 6.42 Å². The van der Waals surface area contributed by atoms with Crippen molar-refractivity contribution in [1.29, 1.82) is 0 Å². The standard InChI is InChI=1S/C16H14O6/c1-8-4-5-9-6-10-7-11(15(17)20-3)22-16(18)12(10)14(19-2)13(9)21-8/h6-7H,1,4-5H2,2-3H3. The van der Waals surface area contributed by atoms with Gasteiger partial charge in [0.2, 0.25) is 5.76 Å². The van der Waals surface area contributed by atoms with Crippen LogP contribution in [0.25, 0.3) is 10.8 Å². The van der Waals surface area contributed by atoms with Gasteiger partial charge in [0.05, 0.1) is 20.0 Å². The van der Waals surface area contributed by atoms with Crippen molar-refractivity contribution in [2.24, 2.45) is 0 Å². The lowest BCUT2D eigenvalue weighted by Gasteiger charge is -2.22. The first-order valence-corrected chi connectivity index (χ1v) is 6.66. The van der Waals surface area contributed by atoms with E-state index in [9.17, 15) is 9.59 Å².